The molecular weight excluding hydrogens is 278 g/mol. The van der Waals surface area contributed by atoms with E-state index in [0.717, 1.165) is 45.1 Å². The molecule has 3 saturated heterocycles. The van der Waals surface area contributed by atoms with Crippen LogP contribution in [0.5, 0.6) is 0 Å². The molecule has 0 aromatic heterocycles. The molecule has 2 amide bonds. The molecule has 5 nitrogen and oxygen atoms in total. The molecule has 1 aliphatic carbocycles. The molecule has 4 fully saturated rings. The summed E-state index contributed by atoms with van der Waals surface area (Å²) in [4.78, 5) is 17.4. The summed E-state index contributed by atoms with van der Waals surface area (Å²) in [7, 11) is 0. The molecule has 1 saturated carbocycles. The molecule has 1 spiro atoms. The number of nitrogens with one attached hydrogen (secondary N) is 1. The van der Waals surface area contributed by atoms with Crippen LogP contribution in [-0.2, 0) is 4.74 Å². The Morgan fingerprint density at radius 1 is 1.32 bits per heavy atom. The number of carbonyl (C=O) groups is 1. The second-order valence-corrected chi connectivity index (χ2v) is 7.99. The highest BCUT2D eigenvalue weighted by atomic mass is 16.5. The summed E-state index contributed by atoms with van der Waals surface area (Å²) in [6, 6.07) is 1.44. The predicted octanol–water partition coefficient (Wildman–Crippen LogP) is 1.82. The number of fused-ring (bicyclic) bond motifs is 1. The Bertz CT molecular complexity index is 433. The van der Waals surface area contributed by atoms with Gasteiger partial charge in [0.1, 0.15) is 0 Å². The average Bonchev–Trinajstić information content (AvgIpc) is 3.16. The van der Waals surface area contributed by atoms with Crippen molar-refractivity contribution in [1.29, 1.82) is 0 Å². The molecule has 3 heterocycles. The lowest BCUT2D eigenvalue weighted by atomic mass is 9.91. The summed E-state index contributed by atoms with van der Waals surface area (Å²) in [6.07, 6.45) is 5.92. The fourth-order valence-corrected chi connectivity index (χ4v) is 5.43. The van der Waals surface area contributed by atoms with Crippen LogP contribution in [0.3, 0.4) is 0 Å². The molecule has 124 valence electrons. The van der Waals surface area contributed by atoms with Crippen LogP contribution < -0.4 is 5.32 Å². The molecule has 4 atom stereocenters. The standard InChI is InChI=1S/C17H29N3O2/c1-12(2)20-16(21)19(14-5-7-22-10-14)11-17(20)8-13-4-3-6-18-15(13)9-17/h12-15,18H,3-11H2,1-2H3/t13?,14-,15?,17?/m1/s1. The third-order valence-electron chi connectivity index (χ3n) is 6.26. The van der Waals surface area contributed by atoms with Crippen molar-refractivity contribution in [2.24, 2.45) is 5.92 Å². The van der Waals surface area contributed by atoms with Crippen LogP contribution in [0.15, 0.2) is 0 Å². The largest absolute Gasteiger partial charge is 0.379 e. The topological polar surface area (TPSA) is 44.8 Å². The van der Waals surface area contributed by atoms with Crippen LogP contribution in [0.1, 0.15) is 46.0 Å². The molecular formula is C17H29N3O2. The monoisotopic (exact) mass is 307 g/mol. The Kier molecular flexibility index (Phi) is 3.61. The quantitative estimate of drug-likeness (QED) is 0.846. The van der Waals surface area contributed by atoms with E-state index in [-0.39, 0.29) is 17.6 Å². The lowest BCUT2D eigenvalue weighted by Gasteiger charge is -2.36. The van der Waals surface area contributed by atoms with Crippen molar-refractivity contribution in [3.8, 4) is 0 Å². The smallest absolute Gasteiger partial charge is 0.321 e. The van der Waals surface area contributed by atoms with Gasteiger partial charge < -0.3 is 19.9 Å². The molecule has 22 heavy (non-hydrogen) atoms. The minimum Gasteiger partial charge on any atom is -0.379 e. The Labute approximate surface area is 133 Å². The number of piperidine rings is 1. The van der Waals surface area contributed by atoms with E-state index in [1.807, 2.05) is 0 Å². The lowest BCUT2D eigenvalue weighted by molar-refractivity contribution is 0.127. The summed E-state index contributed by atoms with van der Waals surface area (Å²) in [5.41, 5.74) is 0.0561. The first-order chi connectivity index (χ1) is 10.6. The summed E-state index contributed by atoms with van der Waals surface area (Å²) < 4.78 is 5.53. The Balaban J connectivity index is 1.61. The van der Waals surface area contributed by atoms with Gasteiger partial charge in [0, 0.05) is 25.2 Å². The number of rotatable bonds is 2. The van der Waals surface area contributed by atoms with Gasteiger partial charge in [-0.05, 0) is 58.4 Å². The summed E-state index contributed by atoms with van der Waals surface area (Å²) in [5.74, 6) is 0.752. The number of nitrogens with zero attached hydrogens (tertiary/aromatic N) is 2. The second-order valence-electron chi connectivity index (χ2n) is 7.99. The maximum absolute atomic E-state index is 13.1. The Hall–Kier alpha value is -0.810. The van der Waals surface area contributed by atoms with Crippen LogP contribution in [0.2, 0.25) is 0 Å². The zero-order chi connectivity index (χ0) is 15.3. The van der Waals surface area contributed by atoms with Crippen LogP contribution in [0, 0.1) is 5.92 Å². The zero-order valence-corrected chi connectivity index (χ0v) is 13.9. The van der Waals surface area contributed by atoms with Crippen molar-refractivity contribution in [3.63, 3.8) is 0 Å². The van der Waals surface area contributed by atoms with E-state index in [0.29, 0.717) is 12.1 Å². The normalized spacial score (nSPS) is 42.0. The van der Waals surface area contributed by atoms with E-state index in [2.05, 4.69) is 29.0 Å². The molecule has 1 N–H and O–H groups in total. The van der Waals surface area contributed by atoms with Crippen molar-refractivity contribution in [2.75, 3.05) is 26.3 Å². The van der Waals surface area contributed by atoms with Crippen LogP contribution in [0.4, 0.5) is 4.79 Å². The number of ether oxygens (including phenoxy) is 1. The van der Waals surface area contributed by atoms with Gasteiger partial charge in [-0.1, -0.05) is 0 Å². The number of urea groups is 1. The van der Waals surface area contributed by atoms with Crippen molar-refractivity contribution in [3.05, 3.63) is 0 Å². The van der Waals surface area contributed by atoms with Gasteiger partial charge in [0.15, 0.2) is 0 Å². The van der Waals surface area contributed by atoms with E-state index in [1.165, 1.54) is 19.3 Å². The number of hydrogen-bond donors (Lipinski definition) is 1. The molecule has 4 aliphatic rings. The lowest BCUT2D eigenvalue weighted by Crippen LogP contribution is -2.49. The van der Waals surface area contributed by atoms with Crippen molar-refractivity contribution >= 4 is 6.03 Å². The first-order valence-corrected chi connectivity index (χ1v) is 9.02. The Morgan fingerprint density at radius 3 is 2.86 bits per heavy atom. The van der Waals surface area contributed by atoms with Gasteiger partial charge in [0.2, 0.25) is 0 Å². The van der Waals surface area contributed by atoms with E-state index in [9.17, 15) is 4.79 Å². The van der Waals surface area contributed by atoms with Gasteiger partial charge in [-0.3, -0.25) is 0 Å². The highest BCUT2D eigenvalue weighted by Crippen LogP contribution is 2.47. The highest BCUT2D eigenvalue weighted by Gasteiger charge is 2.58. The van der Waals surface area contributed by atoms with Crippen LogP contribution >= 0.6 is 0 Å². The fraction of sp³-hybridized carbons (Fsp3) is 0.941. The summed E-state index contributed by atoms with van der Waals surface area (Å²) >= 11 is 0. The maximum Gasteiger partial charge on any atom is 0.321 e. The minimum atomic E-state index is 0.0561. The van der Waals surface area contributed by atoms with E-state index < -0.39 is 0 Å². The molecule has 0 radical (unpaired) electrons. The SMILES string of the molecule is CC(C)N1C(=O)N([C@@H]2CCOC2)CC12CC1CCCNC1C2. The molecule has 0 bridgehead atoms. The first kappa shape index (κ1) is 14.8. The van der Waals surface area contributed by atoms with Gasteiger partial charge in [0.05, 0.1) is 18.2 Å². The molecule has 5 heteroatoms. The predicted molar refractivity (Wildman–Crippen MR) is 84.8 cm³/mol. The fourth-order valence-electron chi connectivity index (χ4n) is 5.43. The van der Waals surface area contributed by atoms with Crippen LogP contribution in [0.25, 0.3) is 0 Å². The van der Waals surface area contributed by atoms with E-state index >= 15 is 0 Å². The minimum absolute atomic E-state index is 0.0561. The van der Waals surface area contributed by atoms with Crippen molar-refractivity contribution in [2.45, 2.75) is 69.6 Å². The number of amides is 2. The number of carbonyl (C=O) groups excluding carboxylic acids is 1. The van der Waals surface area contributed by atoms with Gasteiger partial charge in [0.25, 0.3) is 0 Å². The van der Waals surface area contributed by atoms with Gasteiger partial charge >= 0.3 is 6.03 Å². The third kappa shape index (κ3) is 2.16. The molecule has 3 aliphatic heterocycles. The van der Waals surface area contributed by atoms with E-state index in [4.69, 9.17) is 4.74 Å². The molecule has 3 unspecified atom stereocenters. The van der Waals surface area contributed by atoms with Gasteiger partial charge in [-0.25, -0.2) is 4.79 Å². The van der Waals surface area contributed by atoms with Crippen molar-refractivity contribution in [1.82, 2.24) is 15.1 Å². The molecule has 0 aromatic rings. The molecule has 0 aromatic carbocycles. The average molecular weight is 307 g/mol. The molecule has 4 rings (SSSR count). The maximum atomic E-state index is 13.1. The van der Waals surface area contributed by atoms with Crippen molar-refractivity contribution < 1.29 is 9.53 Å². The Morgan fingerprint density at radius 2 is 2.18 bits per heavy atom. The van der Waals surface area contributed by atoms with Crippen LogP contribution in [-0.4, -0.2) is 65.8 Å². The first-order valence-electron chi connectivity index (χ1n) is 9.02. The second kappa shape index (κ2) is 5.38. The summed E-state index contributed by atoms with van der Waals surface area (Å²) in [5, 5.41) is 3.71. The number of hydrogen-bond acceptors (Lipinski definition) is 3. The highest BCUT2D eigenvalue weighted by molar-refractivity contribution is 5.79. The van der Waals surface area contributed by atoms with Gasteiger partial charge in [-0.2, -0.15) is 0 Å². The van der Waals surface area contributed by atoms with Gasteiger partial charge in [-0.15, -0.1) is 0 Å². The summed E-state index contributed by atoms with van der Waals surface area (Å²) in [6.45, 7) is 7.92. The van der Waals surface area contributed by atoms with E-state index in [1.54, 1.807) is 0 Å². The zero-order valence-electron chi connectivity index (χ0n) is 13.9. The third-order valence-corrected chi connectivity index (χ3v) is 6.26.